The first kappa shape index (κ1) is 21.1. The number of rotatable bonds is 8. The highest BCUT2D eigenvalue weighted by Gasteiger charge is 2.18. The average Bonchev–Trinajstić information content (AvgIpc) is 2.66. The number of ketones is 1. The van der Waals surface area contributed by atoms with Crippen LogP contribution in [0.25, 0.3) is 0 Å². The lowest BCUT2D eigenvalue weighted by molar-refractivity contribution is -0.384. The fourth-order valence-corrected chi connectivity index (χ4v) is 2.83. The van der Waals surface area contributed by atoms with Crippen molar-refractivity contribution < 1.29 is 24.0 Å². The Bertz CT molecular complexity index is 898. The second kappa shape index (κ2) is 9.65. The summed E-state index contributed by atoms with van der Waals surface area (Å²) in [5, 5.41) is 13.2. The van der Waals surface area contributed by atoms with Gasteiger partial charge in [0.15, 0.2) is 11.9 Å². The third-order valence-electron chi connectivity index (χ3n) is 3.62. The second-order valence-electron chi connectivity index (χ2n) is 5.80. The summed E-state index contributed by atoms with van der Waals surface area (Å²) in [5.74, 6) is -1.29. The Labute approximate surface area is 165 Å². The van der Waals surface area contributed by atoms with E-state index in [0.717, 1.165) is 11.8 Å². The lowest BCUT2D eigenvalue weighted by atomic mass is 10.1. The molecule has 0 aliphatic heterocycles. The van der Waals surface area contributed by atoms with Crippen LogP contribution in [-0.4, -0.2) is 34.4 Å². The SMILES string of the molecule is CC(=O)c1cccc(NC(=O)[C@@H](C)OC(=O)CSc2ccc([N+](=O)[O-])cc2)c1. The quantitative estimate of drug-likeness (QED) is 0.236. The van der Waals surface area contributed by atoms with E-state index >= 15 is 0 Å². The largest absolute Gasteiger partial charge is 0.452 e. The summed E-state index contributed by atoms with van der Waals surface area (Å²) in [6.07, 6.45) is -1.02. The minimum atomic E-state index is -1.02. The molecule has 0 unspecified atom stereocenters. The molecule has 2 rings (SSSR count). The Morgan fingerprint density at radius 2 is 1.86 bits per heavy atom. The number of nitro benzene ring substituents is 1. The van der Waals surface area contributed by atoms with Gasteiger partial charge in [-0.15, -0.1) is 11.8 Å². The predicted octanol–water partition coefficient (Wildman–Crippen LogP) is 3.46. The fraction of sp³-hybridized carbons (Fsp3) is 0.211. The molecule has 0 radical (unpaired) electrons. The molecular formula is C19H18N2O6S. The van der Waals surface area contributed by atoms with Crippen LogP contribution >= 0.6 is 11.8 Å². The third kappa shape index (κ3) is 6.20. The van der Waals surface area contributed by atoms with E-state index < -0.39 is 22.9 Å². The third-order valence-corrected chi connectivity index (χ3v) is 4.60. The van der Waals surface area contributed by atoms with Gasteiger partial charge in [-0.1, -0.05) is 12.1 Å². The number of esters is 1. The van der Waals surface area contributed by atoms with E-state index in [4.69, 9.17) is 4.74 Å². The second-order valence-corrected chi connectivity index (χ2v) is 6.85. The van der Waals surface area contributed by atoms with E-state index in [0.29, 0.717) is 16.1 Å². The molecule has 0 fully saturated rings. The number of Topliss-reactive ketones (excluding diaryl/α,β-unsaturated/α-hetero) is 1. The van der Waals surface area contributed by atoms with E-state index in [1.54, 1.807) is 24.3 Å². The number of benzene rings is 2. The number of ether oxygens (including phenoxy) is 1. The minimum absolute atomic E-state index is 0.0361. The van der Waals surface area contributed by atoms with Gasteiger partial charge in [0, 0.05) is 28.3 Å². The molecule has 8 nitrogen and oxygen atoms in total. The molecule has 0 bridgehead atoms. The number of carbonyl (C=O) groups is 3. The van der Waals surface area contributed by atoms with Gasteiger partial charge < -0.3 is 10.1 Å². The van der Waals surface area contributed by atoms with Gasteiger partial charge in [-0.2, -0.15) is 0 Å². The number of hydrogen-bond acceptors (Lipinski definition) is 7. The van der Waals surface area contributed by atoms with Gasteiger partial charge in [0.1, 0.15) is 0 Å². The fourth-order valence-electron chi connectivity index (χ4n) is 2.15. The van der Waals surface area contributed by atoms with Gasteiger partial charge in [-0.05, 0) is 38.1 Å². The number of amides is 1. The summed E-state index contributed by atoms with van der Waals surface area (Å²) in [6.45, 7) is 2.87. The Morgan fingerprint density at radius 3 is 2.46 bits per heavy atom. The maximum Gasteiger partial charge on any atom is 0.317 e. The molecule has 0 aromatic heterocycles. The number of carbonyl (C=O) groups excluding carboxylic acids is 3. The predicted molar refractivity (Wildman–Crippen MR) is 104 cm³/mol. The molecule has 0 saturated heterocycles. The molecule has 0 spiro atoms. The number of nitro groups is 1. The van der Waals surface area contributed by atoms with Crippen molar-refractivity contribution in [2.45, 2.75) is 24.8 Å². The Kier molecular flexibility index (Phi) is 7.28. The maximum absolute atomic E-state index is 12.2. The molecular weight excluding hydrogens is 384 g/mol. The lowest BCUT2D eigenvalue weighted by Crippen LogP contribution is -2.30. The molecule has 28 heavy (non-hydrogen) atoms. The van der Waals surface area contributed by atoms with Gasteiger partial charge in [-0.3, -0.25) is 24.5 Å². The zero-order valence-electron chi connectivity index (χ0n) is 15.2. The highest BCUT2D eigenvalue weighted by Crippen LogP contribution is 2.21. The highest BCUT2D eigenvalue weighted by atomic mass is 32.2. The molecule has 0 saturated carbocycles. The van der Waals surface area contributed by atoms with E-state index in [9.17, 15) is 24.5 Å². The Hall–Kier alpha value is -3.20. The number of thioether (sulfide) groups is 1. The zero-order chi connectivity index (χ0) is 20.7. The van der Waals surface area contributed by atoms with Crippen molar-refractivity contribution in [3.63, 3.8) is 0 Å². The molecule has 1 N–H and O–H groups in total. The summed E-state index contributed by atoms with van der Waals surface area (Å²) >= 11 is 1.15. The van der Waals surface area contributed by atoms with Crippen LogP contribution in [0.15, 0.2) is 53.4 Å². The van der Waals surface area contributed by atoms with Crippen molar-refractivity contribution in [3.8, 4) is 0 Å². The molecule has 0 aliphatic carbocycles. The van der Waals surface area contributed by atoms with Crippen LogP contribution in [0.4, 0.5) is 11.4 Å². The minimum Gasteiger partial charge on any atom is -0.452 e. The standard InChI is InChI=1S/C19H18N2O6S/c1-12(22)14-4-3-5-15(10-14)20-19(24)13(2)27-18(23)11-28-17-8-6-16(7-9-17)21(25)26/h3-10,13H,11H2,1-2H3,(H,20,24)/t13-/m1/s1. The Balaban J connectivity index is 1.84. The van der Waals surface area contributed by atoms with Crippen LogP contribution in [0.3, 0.4) is 0 Å². The molecule has 1 atom stereocenters. The monoisotopic (exact) mass is 402 g/mol. The number of nitrogens with zero attached hydrogens (tertiary/aromatic N) is 1. The summed E-state index contributed by atoms with van der Waals surface area (Å²) in [6, 6.07) is 12.2. The summed E-state index contributed by atoms with van der Waals surface area (Å²) < 4.78 is 5.10. The van der Waals surface area contributed by atoms with Crippen LogP contribution in [0, 0.1) is 10.1 Å². The molecule has 0 aliphatic rings. The summed E-state index contributed by atoms with van der Waals surface area (Å²) in [5.41, 5.74) is 0.855. The first-order chi connectivity index (χ1) is 13.3. The number of nitrogens with one attached hydrogen (secondary N) is 1. The van der Waals surface area contributed by atoms with E-state index in [-0.39, 0.29) is 17.2 Å². The maximum atomic E-state index is 12.2. The van der Waals surface area contributed by atoms with Gasteiger partial charge in [0.05, 0.1) is 10.7 Å². The van der Waals surface area contributed by atoms with Gasteiger partial charge in [0.25, 0.3) is 11.6 Å². The zero-order valence-corrected chi connectivity index (χ0v) is 16.0. The van der Waals surface area contributed by atoms with Crippen molar-refractivity contribution in [1.29, 1.82) is 0 Å². The molecule has 2 aromatic rings. The molecule has 2 aromatic carbocycles. The van der Waals surface area contributed by atoms with Crippen LogP contribution in [0.1, 0.15) is 24.2 Å². The van der Waals surface area contributed by atoms with Crippen molar-refractivity contribution in [3.05, 3.63) is 64.2 Å². The number of hydrogen-bond donors (Lipinski definition) is 1. The van der Waals surface area contributed by atoms with Gasteiger partial charge in [-0.25, -0.2) is 0 Å². The topological polar surface area (TPSA) is 116 Å². The lowest BCUT2D eigenvalue weighted by Gasteiger charge is -2.14. The van der Waals surface area contributed by atoms with E-state index in [1.165, 1.54) is 38.1 Å². The van der Waals surface area contributed by atoms with Gasteiger partial charge >= 0.3 is 5.97 Å². The molecule has 1 amide bonds. The number of non-ortho nitro benzene ring substituents is 1. The number of anilines is 1. The van der Waals surface area contributed by atoms with Crippen molar-refractivity contribution in [2.24, 2.45) is 0 Å². The average molecular weight is 402 g/mol. The Morgan fingerprint density at radius 1 is 1.18 bits per heavy atom. The van der Waals surface area contributed by atoms with Crippen LogP contribution < -0.4 is 5.32 Å². The van der Waals surface area contributed by atoms with E-state index in [1.807, 2.05) is 0 Å². The summed E-state index contributed by atoms with van der Waals surface area (Å²) in [7, 11) is 0. The molecule has 0 heterocycles. The van der Waals surface area contributed by atoms with Crippen molar-refractivity contribution in [1.82, 2.24) is 0 Å². The smallest absolute Gasteiger partial charge is 0.317 e. The highest BCUT2D eigenvalue weighted by molar-refractivity contribution is 8.00. The van der Waals surface area contributed by atoms with Crippen LogP contribution in [0.5, 0.6) is 0 Å². The normalized spacial score (nSPS) is 11.4. The molecule has 9 heteroatoms. The molecule has 146 valence electrons. The van der Waals surface area contributed by atoms with Crippen LogP contribution in [-0.2, 0) is 14.3 Å². The summed E-state index contributed by atoms with van der Waals surface area (Å²) in [4.78, 5) is 46.3. The first-order valence-corrected chi connectivity index (χ1v) is 9.23. The van der Waals surface area contributed by atoms with Crippen molar-refractivity contribution >= 4 is 40.8 Å². The van der Waals surface area contributed by atoms with E-state index in [2.05, 4.69) is 5.32 Å². The van der Waals surface area contributed by atoms with Gasteiger partial charge in [0.2, 0.25) is 0 Å². The van der Waals surface area contributed by atoms with Crippen molar-refractivity contribution in [2.75, 3.05) is 11.1 Å². The first-order valence-electron chi connectivity index (χ1n) is 8.25. The van der Waals surface area contributed by atoms with Crippen LogP contribution in [0.2, 0.25) is 0 Å².